The topological polar surface area (TPSA) is 78.8 Å². The molecule has 2 amide bonds. The predicted molar refractivity (Wildman–Crippen MR) is 89.1 cm³/mol. The minimum Gasteiger partial charge on any atom is -0.353 e. The second kappa shape index (κ2) is 8.62. The van der Waals surface area contributed by atoms with Crippen LogP contribution < -0.4 is 5.32 Å². The van der Waals surface area contributed by atoms with Crippen molar-refractivity contribution >= 4 is 21.5 Å². The Bertz CT molecular complexity index is 504. The number of carbonyl (C=O) groups excluding carboxylic acids is 2. The number of likely N-dealkylation sites (tertiary alicyclic amines) is 1. The van der Waals surface area contributed by atoms with Gasteiger partial charge in [-0.25, -0.2) is 4.21 Å². The van der Waals surface area contributed by atoms with Crippen molar-refractivity contribution in [1.82, 2.24) is 10.2 Å². The third-order valence-corrected chi connectivity index (χ3v) is 4.31. The van der Waals surface area contributed by atoms with Crippen LogP contribution in [0, 0.1) is 5.92 Å². The first-order chi connectivity index (χ1) is 10.2. The molecule has 0 aliphatic carbocycles. The Morgan fingerprint density at radius 2 is 2.09 bits per heavy atom. The summed E-state index contributed by atoms with van der Waals surface area (Å²) in [6.07, 6.45) is 6.66. The minimum absolute atomic E-state index is 0.0739. The van der Waals surface area contributed by atoms with Crippen molar-refractivity contribution in [3.63, 3.8) is 0 Å². The number of hydrogen-bond donors (Lipinski definition) is 1. The summed E-state index contributed by atoms with van der Waals surface area (Å²) in [4.78, 5) is 26.0. The summed E-state index contributed by atoms with van der Waals surface area (Å²) in [7, 11) is -2.41. The molecule has 2 unspecified atom stereocenters. The van der Waals surface area contributed by atoms with E-state index in [4.69, 9.17) is 0 Å². The molecule has 6 nitrogen and oxygen atoms in total. The van der Waals surface area contributed by atoms with Crippen LogP contribution >= 0.6 is 0 Å². The maximum Gasteiger partial charge on any atom is 0.267 e. The zero-order valence-corrected chi connectivity index (χ0v) is 14.9. The van der Waals surface area contributed by atoms with E-state index in [1.165, 1.54) is 12.5 Å². The van der Waals surface area contributed by atoms with Crippen LogP contribution in [0.25, 0.3) is 0 Å². The minimum atomic E-state index is -2.41. The van der Waals surface area contributed by atoms with E-state index in [0.717, 1.165) is 32.2 Å². The first kappa shape index (κ1) is 19.1. The van der Waals surface area contributed by atoms with Crippen molar-refractivity contribution < 1.29 is 13.8 Å². The molecule has 0 aromatic rings. The molecule has 0 radical (unpaired) electrons. The molecule has 1 aliphatic rings. The zero-order chi connectivity index (χ0) is 16.8. The first-order valence-corrected chi connectivity index (χ1v) is 10.3. The van der Waals surface area contributed by atoms with Gasteiger partial charge in [-0.15, -0.1) is 0 Å². The first-order valence-electron chi connectivity index (χ1n) is 7.94. The van der Waals surface area contributed by atoms with Crippen molar-refractivity contribution in [3.05, 3.63) is 0 Å². The molecule has 1 aliphatic heterocycles. The lowest BCUT2D eigenvalue weighted by Crippen LogP contribution is -2.46. The third kappa shape index (κ3) is 7.35. The summed E-state index contributed by atoms with van der Waals surface area (Å²) in [5.41, 5.74) is 0. The van der Waals surface area contributed by atoms with Gasteiger partial charge in [0.15, 0.2) is 0 Å². The van der Waals surface area contributed by atoms with Gasteiger partial charge in [0.25, 0.3) is 5.91 Å². The second-order valence-corrected chi connectivity index (χ2v) is 8.98. The largest absolute Gasteiger partial charge is 0.353 e. The molecule has 0 aromatic heterocycles. The van der Waals surface area contributed by atoms with Crippen LogP contribution in [0.5, 0.6) is 0 Å². The maximum atomic E-state index is 12.3. The smallest absolute Gasteiger partial charge is 0.267 e. The van der Waals surface area contributed by atoms with E-state index in [1.54, 1.807) is 0 Å². The summed E-state index contributed by atoms with van der Waals surface area (Å²) < 4.78 is 15.2. The molecule has 0 spiro atoms. The average Bonchev–Trinajstić information content (AvgIpc) is 2.36. The van der Waals surface area contributed by atoms with Crippen LogP contribution in [0.15, 0.2) is 4.36 Å². The number of nitrogens with zero attached hydrogens (tertiary/aromatic N) is 2. The van der Waals surface area contributed by atoms with Gasteiger partial charge in [0.05, 0.1) is 12.5 Å². The Labute approximate surface area is 134 Å². The van der Waals surface area contributed by atoms with Gasteiger partial charge in [0.1, 0.15) is 0 Å². The van der Waals surface area contributed by atoms with Gasteiger partial charge in [0, 0.05) is 34.8 Å². The number of amides is 2. The summed E-state index contributed by atoms with van der Waals surface area (Å²) in [5.74, 6) is -0.367. The van der Waals surface area contributed by atoms with E-state index in [1.807, 2.05) is 11.8 Å². The molecular weight excluding hydrogens is 302 g/mol. The van der Waals surface area contributed by atoms with Crippen LogP contribution in [-0.4, -0.2) is 59.1 Å². The highest BCUT2D eigenvalue weighted by molar-refractivity contribution is 7.92. The quantitative estimate of drug-likeness (QED) is 0.795. The maximum absolute atomic E-state index is 12.3. The Morgan fingerprint density at radius 3 is 2.68 bits per heavy atom. The summed E-state index contributed by atoms with van der Waals surface area (Å²) in [5, 5.41) is 3.04. The molecule has 0 bridgehead atoms. The number of hydrogen-bond acceptors (Lipinski definition) is 4. The number of carbonyl (C=O) groups is 2. The molecule has 1 heterocycles. The van der Waals surface area contributed by atoms with E-state index in [9.17, 15) is 13.8 Å². The van der Waals surface area contributed by atoms with Crippen LogP contribution in [0.1, 0.15) is 39.5 Å². The Morgan fingerprint density at radius 1 is 1.41 bits per heavy atom. The van der Waals surface area contributed by atoms with Crippen molar-refractivity contribution in [2.45, 2.75) is 45.6 Å². The summed E-state index contributed by atoms with van der Waals surface area (Å²) >= 11 is 0. The monoisotopic (exact) mass is 331 g/mol. The highest BCUT2D eigenvalue weighted by Crippen LogP contribution is 2.17. The van der Waals surface area contributed by atoms with Gasteiger partial charge >= 0.3 is 0 Å². The molecule has 0 saturated carbocycles. The molecule has 7 heteroatoms. The highest BCUT2D eigenvalue weighted by atomic mass is 32.2. The van der Waals surface area contributed by atoms with Crippen LogP contribution in [0.2, 0.25) is 0 Å². The van der Waals surface area contributed by atoms with Gasteiger partial charge in [-0.05, 0) is 32.7 Å². The predicted octanol–water partition coefficient (Wildman–Crippen LogP) is 1.26. The van der Waals surface area contributed by atoms with Gasteiger partial charge < -0.3 is 5.32 Å². The van der Waals surface area contributed by atoms with Crippen molar-refractivity contribution in [1.29, 1.82) is 0 Å². The van der Waals surface area contributed by atoms with Gasteiger partial charge in [-0.2, -0.15) is 4.36 Å². The van der Waals surface area contributed by atoms with Gasteiger partial charge in [-0.3, -0.25) is 14.5 Å². The van der Waals surface area contributed by atoms with Crippen molar-refractivity contribution in [3.8, 4) is 0 Å². The van der Waals surface area contributed by atoms with E-state index in [2.05, 4.69) is 16.6 Å². The Hall–Kier alpha value is -0.950. The summed E-state index contributed by atoms with van der Waals surface area (Å²) in [6.45, 7) is 5.61. The molecule has 1 saturated heterocycles. The van der Waals surface area contributed by atoms with Crippen LogP contribution in [0.3, 0.4) is 0 Å². The number of piperidine rings is 1. The fourth-order valence-corrected chi connectivity index (χ4v) is 3.29. The average molecular weight is 331 g/mol. The summed E-state index contributed by atoms with van der Waals surface area (Å²) in [6, 6.07) is 0.189. The standard InChI is InChI=1S/C15H29N3O3S/c1-5-7-12(2)16-15(20)13-8-6-9-18(10-13)11-14(19)17-22(3,4)21/h12-13H,5-11H2,1-4H3,(H,16,20). The number of rotatable bonds is 6. The lowest BCUT2D eigenvalue weighted by Gasteiger charge is -2.31. The van der Waals surface area contributed by atoms with E-state index < -0.39 is 9.73 Å². The van der Waals surface area contributed by atoms with Crippen molar-refractivity contribution in [2.75, 3.05) is 32.1 Å². The van der Waals surface area contributed by atoms with Crippen LogP contribution in [-0.2, 0) is 19.3 Å². The molecule has 1 N–H and O–H groups in total. The fourth-order valence-electron chi connectivity index (χ4n) is 2.74. The fraction of sp³-hybridized carbons (Fsp3) is 0.867. The molecule has 0 aromatic carbocycles. The van der Waals surface area contributed by atoms with E-state index in [0.29, 0.717) is 6.54 Å². The molecule has 22 heavy (non-hydrogen) atoms. The Kier molecular flexibility index (Phi) is 7.48. The molecule has 128 valence electrons. The van der Waals surface area contributed by atoms with Gasteiger partial charge in [-0.1, -0.05) is 13.3 Å². The van der Waals surface area contributed by atoms with Crippen LogP contribution in [0.4, 0.5) is 0 Å². The Balaban J connectivity index is 2.52. The van der Waals surface area contributed by atoms with Crippen molar-refractivity contribution in [2.24, 2.45) is 10.3 Å². The lowest BCUT2D eigenvalue weighted by molar-refractivity contribution is -0.128. The molecule has 1 rings (SSSR count). The molecule has 1 fully saturated rings. The van der Waals surface area contributed by atoms with E-state index >= 15 is 0 Å². The SMILES string of the molecule is CCCC(C)NC(=O)C1CCCN(CC(=O)N=S(C)(C)=O)C1. The number of nitrogens with one attached hydrogen (secondary N) is 1. The molecule has 2 atom stereocenters. The van der Waals surface area contributed by atoms with E-state index in [-0.39, 0.29) is 30.3 Å². The third-order valence-electron chi connectivity index (χ3n) is 3.67. The van der Waals surface area contributed by atoms with Gasteiger partial charge in [0.2, 0.25) is 5.91 Å². The lowest BCUT2D eigenvalue weighted by atomic mass is 9.96. The normalized spacial score (nSPS) is 21.2. The highest BCUT2D eigenvalue weighted by Gasteiger charge is 2.27. The molecular formula is C15H29N3O3S. The zero-order valence-electron chi connectivity index (χ0n) is 14.1. The second-order valence-electron chi connectivity index (χ2n) is 6.44.